The van der Waals surface area contributed by atoms with Gasteiger partial charge in [0, 0.05) is 28.2 Å². The van der Waals surface area contributed by atoms with Crippen LogP contribution in [0.5, 0.6) is 0 Å². The number of hydrogen-bond acceptors (Lipinski definition) is 5. The molecule has 0 aliphatic carbocycles. The first kappa shape index (κ1) is 17.7. The first-order valence-electron chi connectivity index (χ1n) is 7.90. The van der Waals surface area contributed by atoms with Crippen LogP contribution >= 0.6 is 11.6 Å². The van der Waals surface area contributed by atoms with Gasteiger partial charge in [0.2, 0.25) is 5.95 Å². The summed E-state index contributed by atoms with van der Waals surface area (Å²) >= 11 is 6.15. The second-order valence-corrected chi connectivity index (χ2v) is 6.17. The molecule has 0 spiro atoms. The minimum absolute atomic E-state index is 0.230. The molecule has 3 aromatic rings. The van der Waals surface area contributed by atoms with Gasteiger partial charge in [0.15, 0.2) is 0 Å². The molecule has 0 unspecified atom stereocenters. The molecule has 0 saturated carbocycles. The molecule has 0 radical (unpaired) electrons. The van der Waals surface area contributed by atoms with Crippen molar-refractivity contribution in [3.05, 3.63) is 70.4 Å². The highest BCUT2D eigenvalue weighted by atomic mass is 35.5. The molecule has 1 heterocycles. The van der Waals surface area contributed by atoms with Crippen molar-refractivity contribution in [3.63, 3.8) is 0 Å². The summed E-state index contributed by atoms with van der Waals surface area (Å²) in [5.74, 6) is 0.0839. The molecule has 0 fully saturated rings. The van der Waals surface area contributed by atoms with Crippen LogP contribution in [0.1, 0.15) is 21.6 Å². The number of aromatic carboxylic acids is 1. The number of carbonyl (C=O) groups is 1. The Kier molecular flexibility index (Phi) is 5.04. The smallest absolute Gasteiger partial charge is 0.335 e. The Labute approximate surface area is 155 Å². The Hall–Kier alpha value is -3.12. The number of nitrogens with zero attached hydrogens (tertiary/aromatic N) is 2. The van der Waals surface area contributed by atoms with Gasteiger partial charge < -0.3 is 15.7 Å². The zero-order chi connectivity index (χ0) is 18.7. The molecule has 0 bridgehead atoms. The van der Waals surface area contributed by atoms with Crippen LogP contribution in [0.15, 0.2) is 48.5 Å². The highest BCUT2D eigenvalue weighted by Crippen LogP contribution is 2.26. The predicted molar refractivity (Wildman–Crippen MR) is 103 cm³/mol. The lowest BCUT2D eigenvalue weighted by Crippen LogP contribution is -2.03. The van der Waals surface area contributed by atoms with Gasteiger partial charge in [-0.25, -0.2) is 9.78 Å². The molecule has 0 atom stereocenters. The number of nitrogens with one attached hydrogen (secondary N) is 2. The number of carboxylic acids is 1. The lowest BCUT2D eigenvalue weighted by Gasteiger charge is -2.12. The third-order valence-electron chi connectivity index (χ3n) is 3.77. The molecule has 0 aliphatic rings. The van der Waals surface area contributed by atoms with Crippen molar-refractivity contribution >= 4 is 40.7 Å². The van der Waals surface area contributed by atoms with E-state index in [1.54, 1.807) is 18.2 Å². The van der Waals surface area contributed by atoms with E-state index >= 15 is 0 Å². The summed E-state index contributed by atoms with van der Waals surface area (Å²) in [6.07, 6.45) is 0. The number of carboxylic acid groups (broad SMARTS) is 1. The van der Waals surface area contributed by atoms with Crippen molar-refractivity contribution in [2.24, 2.45) is 0 Å². The van der Waals surface area contributed by atoms with Crippen LogP contribution in [0.25, 0.3) is 0 Å². The predicted octanol–water partition coefficient (Wildman–Crippen LogP) is 4.93. The lowest BCUT2D eigenvalue weighted by atomic mass is 10.2. The number of anilines is 4. The number of benzene rings is 2. The fourth-order valence-corrected chi connectivity index (χ4v) is 2.57. The third-order valence-corrected chi connectivity index (χ3v) is 4.18. The topological polar surface area (TPSA) is 87.1 Å². The summed E-state index contributed by atoms with van der Waals surface area (Å²) in [5.41, 5.74) is 3.50. The van der Waals surface area contributed by atoms with Gasteiger partial charge >= 0.3 is 5.97 Å². The van der Waals surface area contributed by atoms with E-state index in [-0.39, 0.29) is 5.56 Å². The molecule has 132 valence electrons. The Morgan fingerprint density at radius 2 is 1.77 bits per heavy atom. The van der Waals surface area contributed by atoms with Gasteiger partial charge in [-0.2, -0.15) is 4.98 Å². The van der Waals surface area contributed by atoms with Gasteiger partial charge in [-0.15, -0.1) is 0 Å². The number of halogens is 1. The molecule has 1 aromatic heterocycles. The molecule has 0 saturated heterocycles. The summed E-state index contributed by atoms with van der Waals surface area (Å²) in [6, 6.07) is 13.8. The van der Waals surface area contributed by atoms with Crippen LogP contribution in [0.3, 0.4) is 0 Å². The maximum atomic E-state index is 10.9. The van der Waals surface area contributed by atoms with Gasteiger partial charge in [-0.1, -0.05) is 17.7 Å². The SMILES string of the molecule is Cc1cc(Nc2ccc(C(=O)O)cc2)nc(Nc2cccc(Cl)c2C)n1. The molecule has 26 heavy (non-hydrogen) atoms. The highest BCUT2D eigenvalue weighted by molar-refractivity contribution is 6.31. The minimum Gasteiger partial charge on any atom is -0.478 e. The highest BCUT2D eigenvalue weighted by Gasteiger charge is 2.07. The van der Waals surface area contributed by atoms with Crippen molar-refractivity contribution in [1.29, 1.82) is 0 Å². The Morgan fingerprint density at radius 1 is 1.04 bits per heavy atom. The van der Waals surface area contributed by atoms with E-state index in [1.165, 1.54) is 12.1 Å². The summed E-state index contributed by atoms with van der Waals surface area (Å²) in [5, 5.41) is 16.0. The van der Waals surface area contributed by atoms with Crippen LogP contribution in [0.4, 0.5) is 23.1 Å². The van der Waals surface area contributed by atoms with Crippen molar-refractivity contribution in [2.75, 3.05) is 10.6 Å². The molecule has 0 aliphatic heterocycles. The number of aromatic nitrogens is 2. The standard InChI is InChI=1S/C19H17ClN4O2/c1-11-10-17(22-14-8-6-13(7-9-14)18(25)26)24-19(21-11)23-16-5-3-4-15(20)12(16)2/h3-10H,1-2H3,(H,25,26)(H2,21,22,23,24). The number of aryl methyl sites for hydroxylation is 1. The molecular weight excluding hydrogens is 352 g/mol. The molecule has 2 aromatic carbocycles. The molecule has 3 N–H and O–H groups in total. The lowest BCUT2D eigenvalue weighted by molar-refractivity contribution is 0.0697. The molecule has 7 heteroatoms. The molecule has 0 amide bonds. The molecule has 3 rings (SSSR count). The van der Waals surface area contributed by atoms with E-state index < -0.39 is 5.97 Å². The van der Waals surface area contributed by atoms with Crippen molar-refractivity contribution in [1.82, 2.24) is 9.97 Å². The average Bonchev–Trinajstić information content (AvgIpc) is 2.59. The van der Waals surface area contributed by atoms with E-state index in [0.717, 1.165) is 22.6 Å². The zero-order valence-corrected chi connectivity index (χ0v) is 15.0. The second kappa shape index (κ2) is 7.41. The van der Waals surface area contributed by atoms with Gasteiger partial charge in [-0.05, 0) is 55.8 Å². The molecule has 6 nitrogen and oxygen atoms in total. The Morgan fingerprint density at radius 3 is 2.46 bits per heavy atom. The van der Waals surface area contributed by atoms with Crippen LogP contribution < -0.4 is 10.6 Å². The zero-order valence-electron chi connectivity index (χ0n) is 14.2. The van der Waals surface area contributed by atoms with Gasteiger partial charge in [0.25, 0.3) is 0 Å². The monoisotopic (exact) mass is 368 g/mol. The van der Waals surface area contributed by atoms with Crippen molar-refractivity contribution in [3.8, 4) is 0 Å². The van der Waals surface area contributed by atoms with E-state index in [2.05, 4.69) is 20.6 Å². The van der Waals surface area contributed by atoms with Crippen LogP contribution in [0, 0.1) is 13.8 Å². The first-order chi connectivity index (χ1) is 12.4. The summed E-state index contributed by atoms with van der Waals surface area (Å²) < 4.78 is 0. The quantitative estimate of drug-likeness (QED) is 0.591. The fraction of sp³-hybridized carbons (Fsp3) is 0.105. The van der Waals surface area contributed by atoms with E-state index in [0.29, 0.717) is 16.8 Å². The van der Waals surface area contributed by atoms with Crippen molar-refractivity contribution in [2.45, 2.75) is 13.8 Å². The van der Waals surface area contributed by atoms with Crippen LogP contribution in [0.2, 0.25) is 5.02 Å². The van der Waals surface area contributed by atoms with E-state index in [4.69, 9.17) is 16.7 Å². The van der Waals surface area contributed by atoms with Gasteiger partial charge in [-0.3, -0.25) is 0 Å². The summed E-state index contributed by atoms with van der Waals surface area (Å²) in [7, 11) is 0. The normalized spacial score (nSPS) is 10.4. The van der Waals surface area contributed by atoms with Crippen LogP contribution in [-0.2, 0) is 0 Å². The van der Waals surface area contributed by atoms with Gasteiger partial charge in [0.1, 0.15) is 5.82 Å². The maximum absolute atomic E-state index is 10.9. The maximum Gasteiger partial charge on any atom is 0.335 e. The second-order valence-electron chi connectivity index (χ2n) is 5.76. The first-order valence-corrected chi connectivity index (χ1v) is 8.28. The number of rotatable bonds is 5. The summed E-state index contributed by atoms with van der Waals surface area (Å²) in [4.78, 5) is 19.8. The van der Waals surface area contributed by atoms with Gasteiger partial charge in [0.05, 0.1) is 5.56 Å². The largest absolute Gasteiger partial charge is 0.478 e. The minimum atomic E-state index is -0.960. The Balaban J connectivity index is 1.83. The fourth-order valence-electron chi connectivity index (χ4n) is 2.40. The third kappa shape index (κ3) is 4.10. The van der Waals surface area contributed by atoms with Crippen molar-refractivity contribution < 1.29 is 9.90 Å². The molecular formula is C19H17ClN4O2. The number of hydrogen-bond donors (Lipinski definition) is 3. The van der Waals surface area contributed by atoms with Crippen LogP contribution in [-0.4, -0.2) is 21.0 Å². The Bertz CT molecular complexity index is 958. The van der Waals surface area contributed by atoms with E-state index in [1.807, 2.05) is 32.0 Å². The average molecular weight is 369 g/mol. The summed E-state index contributed by atoms with van der Waals surface area (Å²) in [6.45, 7) is 3.79. The van der Waals surface area contributed by atoms with E-state index in [9.17, 15) is 4.79 Å².